The molecule has 1 atom stereocenters. The number of halogens is 1. The zero-order valence-corrected chi connectivity index (χ0v) is 14.2. The number of likely N-dealkylation sites (N-methyl/N-ethyl adjacent to an activating group) is 1. The van der Waals surface area contributed by atoms with Crippen LogP contribution in [0.2, 0.25) is 5.02 Å². The fourth-order valence-electron chi connectivity index (χ4n) is 1.97. The summed E-state index contributed by atoms with van der Waals surface area (Å²) >= 11 is 5.89. The lowest BCUT2D eigenvalue weighted by molar-refractivity contribution is 0.546. The van der Waals surface area contributed by atoms with Crippen LogP contribution in [0.4, 0.5) is 0 Å². The van der Waals surface area contributed by atoms with Crippen LogP contribution in [0.25, 0.3) is 0 Å². The van der Waals surface area contributed by atoms with E-state index in [1.807, 2.05) is 31.3 Å². The van der Waals surface area contributed by atoms with Crippen LogP contribution >= 0.6 is 11.6 Å². The summed E-state index contributed by atoms with van der Waals surface area (Å²) in [4.78, 5) is 0. The van der Waals surface area contributed by atoms with Crippen molar-refractivity contribution in [1.29, 1.82) is 0 Å². The largest absolute Gasteiger partial charge is 0.319 e. The fraction of sp³-hybridized carbons (Fsp3) is 0.600. The highest BCUT2D eigenvalue weighted by Crippen LogP contribution is 2.24. The normalized spacial score (nSPS) is 14.2. The van der Waals surface area contributed by atoms with Crippen molar-refractivity contribution in [3.8, 4) is 0 Å². The topological polar surface area (TPSA) is 46.2 Å². The lowest BCUT2D eigenvalue weighted by atomic mass is 9.96. The Labute approximate surface area is 127 Å². The van der Waals surface area contributed by atoms with Gasteiger partial charge in [-0.25, -0.2) is 8.42 Å². The molecule has 0 bridgehead atoms. The van der Waals surface area contributed by atoms with Crippen molar-refractivity contribution in [3.63, 3.8) is 0 Å². The molecule has 0 saturated carbocycles. The number of hydrogen-bond acceptors (Lipinski definition) is 3. The van der Waals surface area contributed by atoms with Crippen molar-refractivity contribution in [3.05, 3.63) is 34.9 Å². The monoisotopic (exact) mass is 317 g/mol. The molecule has 1 aromatic carbocycles. The number of sulfone groups is 1. The molecule has 3 nitrogen and oxygen atoms in total. The number of hydrogen-bond donors (Lipinski definition) is 1. The van der Waals surface area contributed by atoms with E-state index in [9.17, 15) is 8.42 Å². The molecule has 1 N–H and O–H groups in total. The fourth-order valence-corrected chi connectivity index (χ4v) is 3.30. The summed E-state index contributed by atoms with van der Waals surface area (Å²) < 4.78 is 23.7. The zero-order chi connectivity index (χ0) is 15.4. The highest BCUT2D eigenvalue weighted by Gasteiger charge is 2.29. The van der Waals surface area contributed by atoms with Crippen LogP contribution in [0.1, 0.15) is 38.7 Å². The zero-order valence-electron chi connectivity index (χ0n) is 12.6. The first kappa shape index (κ1) is 17.5. The van der Waals surface area contributed by atoms with Crippen molar-refractivity contribution in [1.82, 2.24) is 5.32 Å². The predicted molar refractivity (Wildman–Crippen MR) is 86.3 cm³/mol. The maximum absolute atomic E-state index is 12.2. The Morgan fingerprint density at radius 3 is 2.20 bits per heavy atom. The molecule has 5 heteroatoms. The van der Waals surface area contributed by atoms with Crippen LogP contribution in [0.15, 0.2) is 24.3 Å². The highest BCUT2D eigenvalue weighted by molar-refractivity contribution is 7.92. The molecule has 0 aliphatic rings. The second-order valence-electron chi connectivity index (χ2n) is 6.03. The van der Waals surface area contributed by atoms with E-state index in [1.54, 1.807) is 20.8 Å². The first-order valence-corrected chi connectivity index (χ1v) is 8.83. The molecule has 1 unspecified atom stereocenters. The van der Waals surface area contributed by atoms with E-state index < -0.39 is 14.6 Å². The van der Waals surface area contributed by atoms with Crippen LogP contribution in [0.5, 0.6) is 0 Å². The third-order valence-corrected chi connectivity index (χ3v) is 6.35. The van der Waals surface area contributed by atoms with Gasteiger partial charge in [-0.05, 0) is 57.9 Å². The molecule has 0 radical (unpaired) electrons. The molecule has 0 spiro atoms. The van der Waals surface area contributed by atoms with Gasteiger partial charge < -0.3 is 5.32 Å². The molecular formula is C15H24ClNO2S. The third-order valence-electron chi connectivity index (χ3n) is 3.46. The molecule has 0 aromatic heterocycles. The summed E-state index contributed by atoms with van der Waals surface area (Å²) in [5, 5.41) is 3.82. The van der Waals surface area contributed by atoms with Crippen LogP contribution in [-0.2, 0) is 9.84 Å². The van der Waals surface area contributed by atoms with E-state index in [1.165, 1.54) is 0 Å². The van der Waals surface area contributed by atoms with E-state index in [-0.39, 0.29) is 11.7 Å². The van der Waals surface area contributed by atoms with E-state index in [2.05, 4.69) is 5.32 Å². The Morgan fingerprint density at radius 2 is 1.75 bits per heavy atom. The van der Waals surface area contributed by atoms with Gasteiger partial charge in [0.05, 0.1) is 10.5 Å². The van der Waals surface area contributed by atoms with Crippen LogP contribution < -0.4 is 5.32 Å². The van der Waals surface area contributed by atoms with Gasteiger partial charge in [-0.3, -0.25) is 0 Å². The minimum Gasteiger partial charge on any atom is -0.319 e. The Balaban J connectivity index is 2.81. The van der Waals surface area contributed by atoms with Crippen molar-refractivity contribution in [2.75, 3.05) is 19.3 Å². The average molecular weight is 318 g/mol. The maximum Gasteiger partial charge on any atom is 0.155 e. The van der Waals surface area contributed by atoms with Gasteiger partial charge >= 0.3 is 0 Å². The van der Waals surface area contributed by atoms with E-state index in [0.717, 1.165) is 12.1 Å². The van der Waals surface area contributed by atoms with Crippen LogP contribution in [-0.4, -0.2) is 32.5 Å². The SMILES string of the molecule is CNCC(CCS(=O)(=O)C(C)(C)C)c1ccc(Cl)cc1. The Kier molecular flexibility index (Phi) is 6.05. The molecule has 114 valence electrons. The predicted octanol–water partition coefficient (Wildman–Crippen LogP) is 3.25. The van der Waals surface area contributed by atoms with E-state index in [4.69, 9.17) is 11.6 Å². The molecule has 20 heavy (non-hydrogen) atoms. The molecule has 0 saturated heterocycles. The number of nitrogens with one attached hydrogen (secondary N) is 1. The quantitative estimate of drug-likeness (QED) is 0.876. The molecule has 0 aliphatic heterocycles. The summed E-state index contributed by atoms with van der Waals surface area (Å²) in [6, 6.07) is 7.62. The number of rotatable bonds is 6. The van der Waals surface area contributed by atoms with E-state index >= 15 is 0 Å². The van der Waals surface area contributed by atoms with Crippen LogP contribution in [0, 0.1) is 0 Å². The van der Waals surface area contributed by atoms with Gasteiger partial charge in [-0.1, -0.05) is 23.7 Å². The van der Waals surface area contributed by atoms with Gasteiger partial charge in [0.1, 0.15) is 0 Å². The minimum atomic E-state index is -3.08. The molecule has 0 aliphatic carbocycles. The van der Waals surface area contributed by atoms with Gasteiger partial charge in [0.15, 0.2) is 9.84 Å². The van der Waals surface area contributed by atoms with Gasteiger partial charge in [-0.2, -0.15) is 0 Å². The van der Waals surface area contributed by atoms with E-state index in [0.29, 0.717) is 11.4 Å². The van der Waals surface area contributed by atoms with Gasteiger partial charge in [0.25, 0.3) is 0 Å². The molecule has 1 aromatic rings. The second kappa shape index (κ2) is 6.92. The lowest BCUT2D eigenvalue weighted by Gasteiger charge is -2.22. The summed E-state index contributed by atoms with van der Waals surface area (Å²) in [6.07, 6.45) is 0.613. The highest BCUT2D eigenvalue weighted by atomic mass is 35.5. The van der Waals surface area contributed by atoms with Gasteiger partial charge in [0, 0.05) is 11.6 Å². The summed E-state index contributed by atoms with van der Waals surface area (Å²) in [5.74, 6) is 0.375. The number of benzene rings is 1. The van der Waals surface area contributed by atoms with Gasteiger partial charge in [0.2, 0.25) is 0 Å². The Morgan fingerprint density at radius 1 is 1.20 bits per heavy atom. The first-order chi connectivity index (χ1) is 9.17. The van der Waals surface area contributed by atoms with Crippen LogP contribution in [0.3, 0.4) is 0 Å². The standard InChI is InChI=1S/C15H24ClNO2S/c1-15(2,3)20(18,19)10-9-13(11-17-4)12-5-7-14(16)8-6-12/h5-8,13,17H,9-11H2,1-4H3. The molecule has 0 fully saturated rings. The molecule has 0 amide bonds. The van der Waals surface area contributed by atoms with Crippen molar-refractivity contribution >= 4 is 21.4 Å². The summed E-state index contributed by atoms with van der Waals surface area (Å²) in [6.45, 7) is 5.99. The second-order valence-corrected chi connectivity index (χ2v) is 9.32. The minimum absolute atomic E-state index is 0.175. The first-order valence-electron chi connectivity index (χ1n) is 6.80. The molecule has 0 heterocycles. The smallest absolute Gasteiger partial charge is 0.155 e. The van der Waals surface area contributed by atoms with Crippen molar-refractivity contribution < 1.29 is 8.42 Å². The lowest BCUT2D eigenvalue weighted by Crippen LogP contribution is -2.31. The maximum atomic E-state index is 12.2. The van der Waals surface area contributed by atoms with Crippen molar-refractivity contribution in [2.45, 2.75) is 37.9 Å². The third kappa shape index (κ3) is 4.76. The molecular weight excluding hydrogens is 294 g/mol. The van der Waals surface area contributed by atoms with Gasteiger partial charge in [-0.15, -0.1) is 0 Å². The summed E-state index contributed by atoms with van der Waals surface area (Å²) in [7, 11) is -1.20. The average Bonchev–Trinajstić information content (AvgIpc) is 2.34. The Hall–Kier alpha value is -0.580. The molecule has 1 rings (SSSR count). The summed E-state index contributed by atoms with van der Waals surface area (Å²) in [5.41, 5.74) is 1.12. The van der Waals surface area contributed by atoms with Crippen molar-refractivity contribution in [2.24, 2.45) is 0 Å². The Bertz CT molecular complexity index is 518.